The van der Waals surface area contributed by atoms with Crippen LogP contribution in [0.25, 0.3) is 0 Å². The van der Waals surface area contributed by atoms with Crippen LogP contribution in [0.15, 0.2) is 15.6 Å². The van der Waals surface area contributed by atoms with E-state index in [4.69, 9.17) is 0 Å². The van der Waals surface area contributed by atoms with Gasteiger partial charge in [0.05, 0.1) is 5.04 Å². The Hall–Kier alpha value is 0.110. The summed E-state index contributed by atoms with van der Waals surface area (Å²) in [6, 6.07) is 0. The van der Waals surface area contributed by atoms with E-state index in [-0.39, 0.29) is 0 Å². The average Bonchev–Trinajstić information content (AvgIpc) is 1.80. The Morgan fingerprint density at radius 3 is 2.22 bits per heavy atom. The molecule has 1 aliphatic heterocycles. The van der Waals surface area contributed by atoms with E-state index >= 15 is 0 Å². The maximum Gasteiger partial charge on any atom is 0.0813 e. The van der Waals surface area contributed by atoms with Gasteiger partial charge in [0.1, 0.15) is 0 Å². The van der Waals surface area contributed by atoms with Crippen molar-refractivity contribution in [3.8, 4) is 0 Å². The molecule has 1 rings (SSSR count). The lowest BCUT2D eigenvalue weighted by atomic mass is 10.5. The van der Waals surface area contributed by atoms with Crippen molar-refractivity contribution in [2.75, 3.05) is 0 Å². The van der Waals surface area contributed by atoms with Crippen molar-refractivity contribution < 1.29 is 0 Å². The summed E-state index contributed by atoms with van der Waals surface area (Å²) >= 11 is 0. The lowest BCUT2D eigenvalue weighted by Crippen LogP contribution is -1.88. The van der Waals surface area contributed by atoms with Gasteiger partial charge < -0.3 is 0 Å². The second kappa shape index (κ2) is 2.80. The van der Waals surface area contributed by atoms with Crippen molar-refractivity contribution in [2.45, 2.75) is 20.8 Å². The first-order valence-electron chi connectivity index (χ1n) is 2.77. The third kappa shape index (κ3) is 1.76. The molecule has 0 atom stereocenters. The molecule has 1 nitrogen and oxygen atoms in total. The van der Waals surface area contributed by atoms with Crippen molar-refractivity contribution in [3.63, 3.8) is 0 Å². The summed E-state index contributed by atoms with van der Waals surface area (Å²) < 4.78 is 0. The van der Waals surface area contributed by atoms with E-state index in [1.54, 1.807) is 21.6 Å². The molecule has 0 bridgehead atoms. The highest BCUT2D eigenvalue weighted by molar-refractivity contribution is 8.83. The van der Waals surface area contributed by atoms with Crippen LogP contribution in [-0.4, -0.2) is 5.04 Å². The molecule has 50 valence electrons. The monoisotopic (exact) mass is 159 g/mol. The van der Waals surface area contributed by atoms with Gasteiger partial charge in [-0.15, -0.1) is 0 Å². The first kappa shape index (κ1) is 7.22. The Kier molecular flexibility index (Phi) is 2.24. The van der Waals surface area contributed by atoms with Gasteiger partial charge in [0.2, 0.25) is 0 Å². The first-order valence-corrected chi connectivity index (χ1v) is 4.92. The van der Waals surface area contributed by atoms with E-state index in [0.29, 0.717) is 0 Å². The van der Waals surface area contributed by atoms with E-state index in [1.165, 1.54) is 4.91 Å². The fourth-order valence-corrected chi connectivity index (χ4v) is 2.31. The molecule has 0 amide bonds. The summed E-state index contributed by atoms with van der Waals surface area (Å²) in [4.78, 5) is 5.63. The molecule has 0 saturated heterocycles. The smallest absolute Gasteiger partial charge is 0.0813 e. The van der Waals surface area contributed by atoms with Gasteiger partial charge in [0, 0.05) is 10.6 Å². The molecular formula is C6H9NS2. The quantitative estimate of drug-likeness (QED) is 0.504. The van der Waals surface area contributed by atoms with Crippen LogP contribution in [0.3, 0.4) is 0 Å². The minimum atomic E-state index is 1.16. The summed E-state index contributed by atoms with van der Waals surface area (Å²) in [5.74, 6) is 0. The highest BCUT2D eigenvalue weighted by atomic mass is 33.1. The van der Waals surface area contributed by atoms with E-state index in [9.17, 15) is 0 Å². The van der Waals surface area contributed by atoms with Gasteiger partial charge in [-0.1, -0.05) is 10.8 Å². The van der Waals surface area contributed by atoms with Gasteiger partial charge in [-0.05, 0) is 31.6 Å². The first-order chi connectivity index (χ1) is 4.20. The van der Waals surface area contributed by atoms with Gasteiger partial charge in [-0.2, -0.15) is 0 Å². The third-order valence-corrected chi connectivity index (χ3v) is 3.81. The molecular weight excluding hydrogens is 150 g/mol. The topological polar surface area (TPSA) is 12.4 Å². The zero-order valence-electron chi connectivity index (χ0n) is 5.76. The van der Waals surface area contributed by atoms with Gasteiger partial charge >= 0.3 is 0 Å². The summed E-state index contributed by atoms with van der Waals surface area (Å²) in [5, 5.41) is 1.16. The van der Waals surface area contributed by atoms with Crippen LogP contribution < -0.4 is 0 Å². The maximum absolute atomic E-state index is 4.30. The van der Waals surface area contributed by atoms with E-state index < -0.39 is 0 Å². The minimum Gasteiger partial charge on any atom is -0.250 e. The molecule has 1 heterocycles. The molecule has 0 N–H and O–H groups in total. The zero-order chi connectivity index (χ0) is 6.85. The van der Waals surface area contributed by atoms with Gasteiger partial charge in [0.15, 0.2) is 0 Å². The van der Waals surface area contributed by atoms with Crippen LogP contribution in [0.5, 0.6) is 0 Å². The standard InChI is InChI=1S/C6H9NS2/c1-4-5(2)8-9-6(3)7-4/h1-3H3. The van der Waals surface area contributed by atoms with Crippen LogP contribution >= 0.6 is 21.6 Å². The van der Waals surface area contributed by atoms with Gasteiger partial charge in [-0.25, -0.2) is 4.99 Å². The Balaban J connectivity index is 2.83. The van der Waals surface area contributed by atoms with Gasteiger partial charge in [0.25, 0.3) is 0 Å². The normalized spacial score (nSPS) is 20.1. The lowest BCUT2D eigenvalue weighted by Gasteiger charge is -2.08. The molecule has 0 aromatic rings. The Morgan fingerprint density at radius 2 is 1.78 bits per heavy atom. The minimum absolute atomic E-state index is 1.16. The molecule has 3 heteroatoms. The average molecular weight is 159 g/mol. The number of hydrogen-bond donors (Lipinski definition) is 0. The highest BCUT2D eigenvalue weighted by Crippen LogP contribution is 2.37. The van der Waals surface area contributed by atoms with Crippen molar-refractivity contribution in [1.29, 1.82) is 0 Å². The predicted octanol–water partition coefficient (Wildman–Crippen LogP) is 3.05. The predicted molar refractivity (Wildman–Crippen MR) is 46.7 cm³/mol. The van der Waals surface area contributed by atoms with E-state index in [0.717, 1.165) is 10.7 Å². The van der Waals surface area contributed by atoms with Gasteiger partial charge in [-0.3, -0.25) is 0 Å². The van der Waals surface area contributed by atoms with Crippen LogP contribution in [0.1, 0.15) is 20.8 Å². The van der Waals surface area contributed by atoms with Crippen molar-refractivity contribution in [3.05, 3.63) is 10.6 Å². The molecule has 0 saturated carbocycles. The number of rotatable bonds is 0. The lowest BCUT2D eigenvalue weighted by molar-refractivity contribution is 1.27. The second-order valence-electron chi connectivity index (χ2n) is 1.94. The largest absolute Gasteiger partial charge is 0.250 e. The molecule has 1 aliphatic rings. The number of hydrogen-bond acceptors (Lipinski definition) is 3. The summed E-state index contributed by atoms with van der Waals surface area (Å²) in [6.45, 7) is 6.18. The van der Waals surface area contributed by atoms with Crippen molar-refractivity contribution in [2.24, 2.45) is 4.99 Å². The molecule has 0 aliphatic carbocycles. The Morgan fingerprint density at radius 1 is 1.11 bits per heavy atom. The molecule has 0 aromatic heterocycles. The van der Waals surface area contributed by atoms with E-state index in [2.05, 4.69) is 11.9 Å². The maximum atomic E-state index is 4.30. The van der Waals surface area contributed by atoms with Crippen LogP contribution in [0.4, 0.5) is 0 Å². The molecule has 0 fully saturated rings. The Labute approximate surface area is 63.4 Å². The number of allylic oxidation sites excluding steroid dienone is 2. The van der Waals surface area contributed by atoms with Crippen LogP contribution in [0, 0.1) is 0 Å². The molecule has 0 radical (unpaired) electrons. The molecule has 9 heavy (non-hydrogen) atoms. The van der Waals surface area contributed by atoms with Crippen LogP contribution in [0.2, 0.25) is 0 Å². The SMILES string of the molecule is CC1=NC(C)=C(C)SS1. The number of nitrogens with zero attached hydrogens (tertiary/aromatic N) is 1. The fraction of sp³-hybridized carbons (Fsp3) is 0.500. The second-order valence-corrected chi connectivity index (χ2v) is 4.48. The Bertz CT molecular complexity index is 181. The number of aliphatic imine (C=N–C) groups is 1. The zero-order valence-corrected chi connectivity index (χ0v) is 7.40. The van der Waals surface area contributed by atoms with Crippen molar-refractivity contribution in [1.82, 2.24) is 0 Å². The van der Waals surface area contributed by atoms with Crippen molar-refractivity contribution >= 4 is 26.6 Å². The van der Waals surface area contributed by atoms with Crippen LogP contribution in [-0.2, 0) is 0 Å². The molecule has 0 spiro atoms. The molecule has 0 aromatic carbocycles. The molecule has 0 unspecified atom stereocenters. The summed E-state index contributed by atoms with van der Waals surface area (Å²) in [5.41, 5.74) is 1.16. The highest BCUT2D eigenvalue weighted by Gasteiger charge is 2.05. The van der Waals surface area contributed by atoms with E-state index in [1.807, 2.05) is 13.8 Å². The third-order valence-electron chi connectivity index (χ3n) is 1.12. The fourth-order valence-electron chi connectivity index (χ4n) is 0.517. The summed E-state index contributed by atoms with van der Waals surface area (Å²) in [6.07, 6.45) is 0. The summed E-state index contributed by atoms with van der Waals surface area (Å²) in [7, 11) is 3.54.